The van der Waals surface area contributed by atoms with E-state index in [4.69, 9.17) is 16.3 Å². The van der Waals surface area contributed by atoms with Crippen molar-refractivity contribution in [1.82, 2.24) is 10.0 Å². The van der Waals surface area contributed by atoms with Gasteiger partial charge in [-0.25, -0.2) is 17.9 Å². The zero-order valence-corrected chi connectivity index (χ0v) is 16.3. The van der Waals surface area contributed by atoms with Crippen molar-refractivity contribution in [2.45, 2.75) is 43.5 Å². The summed E-state index contributed by atoms with van der Waals surface area (Å²) in [4.78, 5) is 23.9. The number of benzene rings is 1. The third-order valence-electron chi connectivity index (χ3n) is 4.52. The monoisotopic (exact) mass is 402 g/mol. The Morgan fingerprint density at radius 1 is 1.27 bits per heavy atom. The van der Waals surface area contributed by atoms with Crippen LogP contribution in [-0.2, 0) is 19.6 Å². The molecule has 2 rings (SSSR count). The van der Waals surface area contributed by atoms with Gasteiger partial charge in [-0.1, -0.05) is 31.4 Å². The van der Waals surface area contributed by atoms with Crippen LogP contribution in [0.25, 0.3) is 0 Å². The van der Waals surface area contributed by atoms with E-state index in [0.29, 0.717) is 5.92 Å². The van der Waals surface area contributed by atoms with Crippen LogP contribution in [0.3, 0.4) is 0 Å². The summed E-state index contributed by atoms with van der Waals surface area (Å²) in [5.41, 5.74) is 0.00191. The normalized spacial score (nSPS) is 20.4. The first kappa shape index (κ1) is 20.7. The van der Waals surface area contributed by atoms with E-state index in [9.17, 15) is 18.0 Å². The summed E-state index contributed by atoms with van der Waals surface area (Å²) >= 11 is 5.88. The second-order valence-electron chi connectivity index (χ2n) is 6.36. The zero-order valence-electron chi connectivity index (χ0n) is 14.7. The van der Waals surface area contributed by atoms with Gasteiger partial charge in [0.15, 0.2) is 6.61 Å². The van der Waals surface area contributed by atoms with Gasteiger partial charge in [0.05, 0.1) is 10.6 Å². The highest BCUT2D eigenvalue weighted by Gasteiger charge is 2.24. The van der Waals surface area contributed by atoms with Crippen molar-refractivity contribution in [3.05, 3.63) is 28.8 Å². The maximum atomic E-state index is 12.1. The molecule has 0 radical (unpaired) electrons. The Bertz CT molecular complexity index is 781. The van der Waals surface area contributed by atoms with Crippen LogP contribution >= 0.6 is 11.6 Å². The maximum Gasteiger partial charge on any atom is 0.338 e. The van der Waals surface area contributed by atoms with Crippen molar-refractivity contribution in [2.75, 3.05) is 13.7 Å². The van der Waals surface area contributed by atoms with Crippen molar-refractivity contribution in [3.63, 3.8) is 0 Å². The number of hydrogen-bond acceptors (Lipinski definition) is 5. The molecule has 2 atom stereocenters. The lowest BCUT2D eigenvalue weighted by atomic mass is 9.86. The SMILES string of the molecule is CNS(=O)(=O)c1cc(C(=O)OCC(=O)N[C@H]2CCCC[C@H]2C)ccc1Cl. The van der Waals surface area contributed by atoms with Gasteiger partial charge < -0.3 is 10.1 Å². The van der Waals surface area contributed by atoms with Crippen LogP contribution in [0.1, 0.15) is 43.0 Å². The molecule has 1 aliphatic carbocycles. The van der Waals surface area contributed by atoms with E-state index >= 15 is 0 Å². The number of halogens is 1. The van der Waals surface area contributed by atoms with Gasteiger partial charge in [-0.15, -0.1) is 0 Å². The van der Waals surface area contributed by atoms with Crippen molar-refractivity contribution in [2.24, 2.45) is 5.92 Å². The average Bonchev–Trinajstić information content (AvgIpc) is 2.62. The maximum absolute atomic E-state index is 12.1. The first-order valence-corrected chi connectivity index (χ1v) is 10.3. The predicted molar refractivity (Wildman–Crippen MR) is 97.5 cm³/mol. The van der Waals surface area contributed by atoms with Crippen LogP contribution in [0.5, 0.6) is 0 Å². The molecule has 2 N–H and O–H groups in total. The Morgan fingerprint density at radius 3 is 2.62 bits per heavy atom. The average molecular weight is 403 g/mol. The molecule has 1 fully saturated rings. The molecule has 0 unspecified atom stereocenters. The molecular weight excluding hydrogens is 380 g/mol. The largest absolute Gasteiger partial charge is 0.452 e. The summed E-state index contributed by atoms with van der Waals surface area (Å²) in [6.45, 7) is 1.67. The number of carbonyl (C=O) groups excluding carboxylic acids is 2. The van der Waals surface area contributed by atoms with E-state index < -0.39 is 22.6 Å². The van der Waals surface area contributed by atoms with Crippen molar-refractivity contribution < 1.29 is 22.7 Å². The number of esters is 1. The van der Waals surface area contributed by atoms with E-state index in [0.717, 1.165) is 31.7 Å². The molecule has 1 saturated carbocycles. The molecule has 0 aromatic heterocycles. The zero-order chi connectivity index (χ0) is 19.3. The third-order valence-corrected chi connectivity index (χ3v) is 6.41. The van der Waals surface area contributed by atoms with Crippen molar-refractivity contribution >= 4 is 33.5 Å². The molecule has 0 bridgehead atoms. The first-order valence-electron chi connectivity index (χ1n) is 8.44. The van der Waals surface area contributed by atoms with Crippen LogP contribution in [0, 0.1) is 5.92 Å². The lowest BCUT2D eigenvalue weighted by Crippen LogP contribution is -2.42. The van der Waals surface area contributed by atoms with E-state index in [2.05, 4.69) is 17.0 Å². The predicted octanol–water partition coefficient (Wildman–Crippen LogP) is 2.10. The fraction of sp³-hybridized carbons (Fsp3) is 0.529. The standard InChI is InChI=1S/C17H23ClN2O5S/c1-11-5-3-4-6-14(11)20-16(21)10-25-17(22)12-7-8-13(18)15(9-12)26(23,24)19-2/h7-9,11,14,19H,3-6,10H2,1-2H3,(H,20,21)/t11-,14+/m1/s1. The molecule has 1 aromatic rings. The number of ether oxygens (including phenoxy) is 1. The molecule has 1 aliphatic rings. The van der Waals surface area contributed by atoms with E-state index in [-0.39, 0.29) is 27.4 Å². The highest BCUT2D eigenvalue weighted by molar-refractivity contribution is 7.89. The van der Waals surface area contributed by atoms with Gasteiger partial charge in [-0.05, 0) is 44.0 Å². The molecule has 0 heterocycles. The second-order valence-corrected chi connectivity index (χ2v) is 8.63. The van der Waals surface area contributed by atoms with Gasteiger partial charge in [-0.2, -0.15) is 0 Å². The van der Waals surface area contributed by atoms with Gasteiger partial charge in [0.25, 0.3) is 5.91 Å². The quantitative estimate of drug-likeness (QED) is 0.709. The summed E-state index contributed by atoms with van der Waals surface area (Å²) in [5.74, 6) is -0.760. The van der Waals surface area contributed by atoms with Gasteiger partial charge in [0.2, 0.25) is 10.0 Å². The van der Waals surface area contributed by atoms with Crippen LogP contribution in [0.2, 0.25) is 5.02 Å². The van der Waals surface area contributed by atoms with E-state index in [1.807, 2.05) is 0 Å². The number of rotatable bonds is 6. The highest BCUT2D eigenvalue weighted by Crippen LogP contribution is 2.24. The Kier molecular flexibility index (Phi) is 7.02. The number of carbonyl (C=O) groups is 2. The lowest BCUT2D eigenvalue weighted by molar-refractivity contribution is -0.125. The van der Waals surface area contributed by atoms with Gasteiger partial charge in [-0.3, -0.25) is 4.79 Å². The smallest absolute Gasteiger partial charge is 0.338 e. The Balaban J connectivity index is 1.97. The van der Waals surface area contributed by atoms with E-state index in [1.165, 1.54) is 19.2 Å². The number of sulfonamides is 1. The Labute approximate surface area is 158 Å². The van der Waals surface area contributed by atoms with Gasteiger partial charge in [0.1, 0.15) is 4.90 Å². The van der Waals surface area contributed by atoms with Gasteiger partial charge in [0, 0.05) is 6.04 Å². The summed E-state index contributed by atoms with van der Waals surface area (Å²) in [7, 11) is -2.57. The highest BCUT2D eigenvalue weighted by atomic mass is 35.5. The van der Waals surface area contributed by atoms with Crippen molar-refractivity contribution in [1.29, 1.82) is 0 Å². The fourth-order valence-electron chi connectivity index (χ4n) is 2.94. The summed E-state index contributed by atoms with van der Waals surface area (Å²) in [6, 6.07) is 3.86. The molecule has 144 valence electrons. The lowest BCUT2D eigenvalue weighted by Gasteiger charge is -2.29. The van der Waals surface area contributed by atoms with E-state index in [1.54, 1.807) is 0 Å². The van der Waals surface area contributed by atoms with Crippen LogP contribution in [0.4, 0.5) is 0 Å². The number of nitrogens with one attached hydrogen (secondary N) is 2. The van der Waals surface area contributed by atoms with Crippen LogP contribution in [-0.4, -0.2) is 40.0 Å². The molecule has 1 amide bonds. The molecule has 0 aliphatic heterocycles. The molecule has 0 spiro atoms. The van der Waals surface area contributed by atoms with Crippen LogP contribution < -0.4 is 10.0 Å². The topological polar surface area (TPSA) is 102 Å². The number of amides is 1. The summed E-state index contributed by atoms with van der Waals surface area (Å²) < 4.78 is 30.9. The summed E-state index contributed by atoms with van der Waals surface area (Å²) in [5, 5.41) is 2.87. The molecule has 7 nitrogen and oxygen atoms in total. The molecular formula is C17H23ClN2O5S. The second kappa shape index (κ2) is 8.83. The fourth-order valence-corrected chi connectivity index (χ4v) is 4.19. The minimum Gasteiger partial charge on any atom is -0.452 e. The molecule has 26 heavy (non-hydrogen) atoms. The first-order chi connectivity index (χ1) is 12.2. The minimum atomic E-state index is -3.81. The van der Waals surface area contributed by atoms with Gasteiger partial charge >= 0.3 is 5.97 Å². The Morgan fingerprint density at radius 2 is 1.96 bits per heavy atom. The van der Waals surface area contributed by atoms with Crippen molar-refractivity contribution in [3.8, 4) is 0 Å². The molecule has 9 heteroatoms. The molecule has 0 saturated heterocycles. The molecule has 1 aromatic carbocycles. The third kappa shape index (κ3) is 5.18. The minimum absolute atomic E-state index is 0.00191. The summed E-state index contributed by atoms with van der Waals surface area (Å²) in [6.07, 6.45) is 4.22. The Hall–Kier alpha value is -1.64. The number of hydrogen-bond donors (Lipinski definition) is 2. The van der Waals surface area contributed by atoms with Crippen LogP contribution in [0.15, 0.2) is 23.1 Å².